The Morgan fingerprint density at radius 2 is 2.16 bits per heavy atom. The number of hydrogen-bond acceptors (Lipinski definition) is 5. The maximum atomic E-state index is 11.7. The summed E-state index contributed by atoms with van der Waals surface area (Å²) >= 11 is 0. The SMILES string of the molecule is CC=C(C(=O)OCc1ccc([N+](=O)[O-])cc1)C1CO1. The van der Waals surface area contributed by atoms with Crippen LogP contribution in [-0.4, -0.2) is 23.6 Å². The number of nitrogens with zero attached hydrogens (tertiary/aromatic N) is 1. The summed E-state index contributed by atoms with van der Waals surface area (Å²) in [6.07, 6.45) is 1.53. The van der Waals surface area contributed by atoms with Gasteiger partial charge in [0, 0.05) is 12.1 Å². The van der Waals surface area contributed by atoms with Gasteiger partial charge in [0.1, 0.15) is 12.7 Å². The van der Waals surface area contributed by atoms with Gasteiger partial charge in [0.2, 0.25) is 0 Å². The lowest BCUT2D eigenvalue weighted by Gasteiger charge is -2.06. The fraction of sp³-hybridized carbons (Fsp3) is 0.308. The Labute approximate surface area is 109 Å². The first-order valence-corrected chi connectivity index (χ1v) is 5.80. The van der Waals surface area contributed by atoms with Crippen LogP contribution in [0.1, 0.15) is 12.5 Å². The van der Waals surface area contributed by atoms with Crippen LogP contribution in [0.2, 0.25) is 0 Å². The van der Waals surface area contributed by atoms with Gasteiger partial charge in [0.05, 0.1) is 17.1 Å². The Balaban J connectivity index is 1.91. The molecule has 1 unspecified atom stereocenters. The predicted molar refractivity (Wildman–Crippen MR) is 66.4 cm³/mol. The van der Waals surface area contributed by atoms with Crippen molar-refractivity contribution in [3.63, 3.8) is 0 Å². The minimum absolute atomic E-state index is 0.00981. The third kappa shape index (κ3) is 3.38. The summed E-state index contributed by atoms with van der Waals surface area (Å²) in [6.45, 7) is 2.39. The molecule has 0 spiro atoms. The van der Waals surface area contributed by atoms with Crippen molar-refractivity contribution in [3.8, 4) is 0 Å². The van der Waals surface area contributed by atoms with Crippen LogP contribution < -0.4 is 0 Å². The highest BCUT2D eigenvalue weighted by Crippen LogP contribution is 2.21. The third-order valence-electron chi connectivity index (χ3n) is 2.74. The molecular formula is C13H13NO5. The van der Waals surface area contributed by atoms with Crippen molar-refractivity contribution in [1.82, 2.24) is 0 Å². The van der Waals surface area contributed by atoms with Gasteiger partial charge in [-0.2, -0.15) is 0 Å². The van der Waals surface area contributed by atoms with Crippen molar-refractivity contribution in [2.75, 3.05) is 6.61 Å². The zero-order chi connectivity index (χ0) is 13.8. The minimum Gasteiger partial charge on any atom is -0.457 e. The quantitative estimate of drug-likeness (QED) is 0.267. The Kier molecular flexibility index (Phi) is 3.91. The highest BCUT2D eigenvalue weighted by Gasteiger charge is 2.32. The number of carbonyl (C=O) groups excluding carboxylic acids is 1. The molecule has 0 aromatic heterocycles. The molecule has 0 bridgehead atoms. The Bertz CT molecular complexity index is 516. The standard InChI is InChI=1S/C13H13NO5/c1-2-11(12-8-18-12)13(15)19-7-9-3-5-10(6-4-9)14(16)17/h2-6,12H,7-8H2,1H3. The topological polar surface area (TPSA) is 82.0 Å². The van der Waals surface area contributed by atoms with Crippen LogP contribution in [0.4, 0.5) is 5.69 Å². The van der Waals surface area contributed by atoms with Crippen LogP contribution in [0.25, 0.3) is 0 Å². The van der Waals surface area contributed by atoms with E-state index in [2.05, 4.69) is 0 Å². The Hall–Kier alpha value is -2.21. The normalized spacial score (nSPS) is 17.9. The van der Waals surface area contributed by atoms with Crippen molar-refractivity contribution < 1.29 is 19.2 Å². The molecule has 1 aliphatic rings. The molecular weight excluding hydrogens is 250 g/mol. The number of carbonyl (C=O) groups is 1. The molecule has 1 aliphatic heterocycles. The van der Waals surface area contributed by atoms with E-state index in [9.17, 15) is 14.9 Å². The highest BCUT2D eigenvalue weighted by molar-refractivity contribution is 5.90. The van der Waals surface area contributed by atoms with Crippen LogP contribution in [0.5, 0.6) is 0 Å². The van der Waals surface area contributed by atoms with Crippen LogP contribution in [0.3, 0.4) is 0 Å². The summed E-state index contributed by atoms with van der Waals surface area (Å²) in [5.41, 5.74) is 1.23. The second-order valence-corrected chi connectivity index (χ2v) is 4.07. The van der Waals surface area contributed by atoms with Gasteiger partial charge in [0.25, 0.3) is 5.69 Å². The number of epoxide rings is 1. The lowest BCUT2D eigenvalue weighted by Crippen LogP contribution is -2.12. The number of esters is 1. The summed E-state index contributed by atoms with van der Waals surface area (Å²) in [4.78, 5) is 21.7. The Morgan fingerprint density at radius 3 is 2.63 bits per heavy atom. The van der Waals surface area contributed by atoms with Gasteiger partial charge in [0.15, 0.2) is 0 Å². The van der Waals surface area contributed by atoms with E-state index in [0.29, 0.717) is 17.7 Å². The van der Waals surface area contributed by atoms with E-state index in [-0.39, 0.29) is 18.4 Å². The van der Waals surface area contributed by atoms with E-state index < -0.39 is 10.9 Å². The predicted octanol–water partition coefficient (Wildman–Crippen LogP) is 1.98. The first kappa shape index (κ1) is 13.2. The molecule has 0 N–H and O–H groups in total. The molecule has 6 nitrogen and oxygen atoms in total. The number of nitro groups is 1. The van der Waals surface area contributed by atoms with E-state index in [1.165, 1.54) is 12.1 Å². The molecule has 1 aromatic rings. The molecule has 1 fully saturated rings. The van der Waals surface area contributed by atoms with Crippen molar-refractivity contribution in [3.05, 3.63) is 51.6 Å². The smallest absolute Gasteiger partial charge is 0.336 e. The Morgan fingerprint density at radius 1 is 1.53 bits per heavy atom. The van der Waals surface area contributed by atoms with Crippen LogP contribution in [-0.2, 0) is 20.9 Å². The summed E-state index contributed by atoms with van der Waals surface area (Å²) in [6, 6.07) is 5.89. The number of allylic oxidation sites excluding steroid dienone is 1. The van der Waals surface area contributed by atoms with Gasteiger partial charge in [-0.3, -0.25) is 10.1 Å². The average Bonchev–Trinajstić information content (AvgIpc) is 3.22. The number of rotatable bonds is 5. The van der Waals surface area contributed by atoms with E-state index >= 15 is 0 Å². The molecule has 6 heteroatoms. The first-order chi connectivity index (χ1) is 9.11. The van der Waals surface area contributed by atoms with Crippen LogP contribution in [0.15, 0.2) is 35.9 Å². The molecule has 2 rings (SSSR count). The van der Waals surface area contributed by atoms with Crippen molar-refractivity contribution in [2.45, 2.75) is 19.6 Å². The zero-order valence-electron chi connectivity index (χ0n) is 10.4. The number of benzene rings is 1. The highest BCUT2D eigenvalue weighted by atomic mass is 16.6. The molecule has 100 valence electrons. The molecule has 0 amide bonds. The van der Waals surface area contributed by atoms with Gasteiger partial charge in [-0.15, -0.1) is 0 Å². The van der Waals surface area contributed by atoms with E-state index in [4.69, 9.17) is 9.47 Å². The van der Waals surface area contributed by atoms with Gasteiger partial charge >= 0.3 is 5.97 Å². The zero-order valence-corrected chi connectivity index (χ0v) is 10.4. The van der Waals surface area contributed by atoms with Crippen LogP contribution in [0, 0.1) is 10.1 Å². The van der Waals surface area contributed by atoms with E-state index in [1.807, 2.05) is 0 Å². The second-order valence-electron chi connectivity index (χ2n) is 4.07. The molecule has 19 heavy (non-hydrogen) atoms. The minimum atomic E-state index is -0.474. The molecule has 1 aromatic carbocycles. The fourth-order valence-electron chi connectivity index (χ4n) is 1.61. The summed E-state index contributed by atoms with van der Waals surface area (Å²) in [5.74, 6) is -0.414. The lowest BCUT2D eigenvalue weighted by molar-refractivity contribution is -0.384. The number of non-ortho nitro benzene ring substituents is 1. The number of hydrogen-bond donors (Lipinski definition) is 0. The fourth-order valence-corrected chi connectivity index (χ4v) is 1.61. The largest absolute Gasteiger partial charge is 0.457 e. The molecule has 1 saturated heterocycles. The van der Waals surface area contributed by atoms with Gasteiger partial charge < -0.3 is 9.47 Å². The molecule has 0 radical (unpaired) electrons. The van der Waals surface area contributed by atoms with Gasteiger partial charge in [-0.25, -0.2) is 4.79 Å². The van der Waals surface area contributed by atoms with Crippen molar-refractivity contribution in [1.29, 1.82) is 0 Å². The molecule has 1 atom stereocenters. The molecule has 0 saturated carbocycles. The number of ether oxygens (including phenoxy) is 2. The van der Waals surface area contributed by atoms with Crippen molar-refractivity contribution >= 4 is 11.7 Å². The molecule has 1 heterocycles. The average molecular weight is 263 g/mol. The van der Waals surface area contributed by atoms with Gasteiger partial charge in [-0.05, 0) is 24.6 Å². The summed E-state index contributed by atoms with van der Waals surface area (Å²) < 4.78 is 10.2. The van der Waals surface area contributed by atoms with E-state index in [0.717, 1.165) is 0 Å². The summed E-state index contributed by atoms with van der Waals surface area (Å²) in [5, 5.41) is 10.5. The lowest BCUT2D eigenvalue weighted by atomic mass is 10.2. The first-order valence-electron chi connectivity index (χ1n) is 5.80. The van der Waals surface area contributed by atoms with Gasteiger partial charge in [-0.1, -0.05) is 6.08 Å². The maximum absolute atomic E-state index is 11.7. The molecule has 0 aliphatic carbocycles. The van der Waals surface area contributed by atoms with Crippen LogP contribution >= 0.6 is 0 Å². The maximum Gasteiger partial charge on any atom is 0.336 e. The third-order valence-corrected chi connectivity index (χ3v) is 2.74. The summed E-state index contributed by atoms with van der Waals surface area (Å²) in [7, 11) is 0. The monoisotopic (exact) mass is 263 g/mol. The van der Waals surface area contributed by atoms with Crippen molar-refractivity contribution in [2.24, 2.45) is 0 Å². The van der Waals surface area contributed by atoms with E-state index in [1.54, 1.807) is 25.1 Å². The number of nitro benzene ring substituents is 1. The second kappa shape index (κ2) is 5.62.